The molecular weight excluding hydrogens is 190 g/mol. The Hall–Kier alpha value is -1.25. The van der Waals surface area contributed by atoms with Gasteiger partial charge >= 0.3 is 0 Å². The van der Waals surface area contributed by atoms with E-state index in [1.54, 1.807) is 6.08 Å². The van der Waals surface area contributed by atoms with Crippen LogP contribution in [0.3, 0.4) is 0 Å². The number of piperidine rings is 1. The van der Waals surface area contributed by atoms with Crippen LogP contribution in [0.25, 0.3) is 0 Å². The van der Waals surface area contributed by atoms with Gasteiger partial charge in [0.15, 0.2) is 6.10 Å². The minimum atomic E-state index is -0.346. The van der Waals surface area contributed by atoms with E-state index in [9.17, 15) is 4.79 Å². The molecule has 0 saturated carbocycles. The summed E-state index contributed by atoms with van der Waals surface area (Å²) in [5, 5.41) is 2.79. The molecular formula is C12H19NO2. The number of rotatable bonds is 4. The number of carbonyl (C=O) groups excluding carboxylic acids is 1. The maximum atomic E-state index is 11.4. The summed E-state index contributed by atoms with van der Waals surface area (Å²) in [6, 6.07) is 0. The van der Waals surface area contributed by atoms with Crippen molar-refractivity contribution < 1.29 is 9.53 Å². The molecule has 1 atom stereocenters. The van der Waals surface area contributed by atoms with Crippen LogP contribution in [0.5, 0.6) is 0 Å². The summed E-state index contributed by atoms with van der Waals surface area (Å²) in [5.41, 5.74) is 0. The lowest BCUT2D eigenvalue weighted by atomic mass is 10.1. The summed E-state index contributed by atoms with van der Waals surface area (Å²) in [7, 11) is 0. The van der Waals surface area contributed by atoms with Crippen LogP contribution in [0.15, 0.2) is 24.5 Å². The van der Waals surface area contributed by atoms with E-state index in [1.807, 2.05) is 6.08 Å². The van der Waals surface area contributed by atoms with Gasteiger partial charge in [0.2, 0.25) is 0 Å². The SMILES string of the molecule is C=C/C(=C\C(C)C)OC1CCCNC1=O. The lowest BCUT2D eigenvalue weighted by Crippen LogP contribution is -2.41. The van der Waals surface area contributed by atoms with Crippen molar-refractivity contribution in [3.05, 3.63) is 24.5 Å². The van der Waals surface area contributed by atoms with E-state index in [0.717, 1.165) is 19.4 Å². The number of allylic oxidation sites excluding steroid dienone is 2. The number of hydrogen-bond donors (Lipinski definition) is 1. The Bertz CT molecular complexity index is 269. The highest BCUT2D eigenvalue weighted by molar-refractivity contribution is 5.81. The second kappa shape index (κ2) is 5.59. The summed E-state index contributed by atoms with van der Waals surface area (Å²) < 4.78 is 5.59. The molecule has 1 amide bonds. The number of amides is 1. The fraction of sp³-hybridized carbons (Fsp3) is 0.583. The third-order valence-electron chi connectivity index (χ3n) is 2.21. The molecule has 0 aliphatic carbocycles. The number of ether oxygens (including phenoxy) is 1. The molecule has 0 bridgehead atoms. The van der Waals surface area contributed by atoms with Crippen molar-refractivity contribution in [2.24, 2.45) is 5.92 Å². The van der Waals surface area contributed by atoms with Crippen molar-refractivity contribution in [3.63, 3.8) is 0 Å². The molecule has 15 heavy (non-hydrogen) atoms. The molecule has 1 aliphatic heterocycles. The van der Waals surface area contributed by atoms with Gasteiger partial charge in [-0.3, -0.25) is 4.79 Å². The van der Waals surface area contributed by atoms with Gasteiger partial charge in [0.1, 0.15) is 5.76 Å². The Balaban J connectivity index is 2.57. The largest absolute Gasteiger partial charge is 0.481 e. The van der Waals surface area contributed by atoms with Crippen LogP contribution in [0.1, 0.15) is 26.7 Å². The van der Waals surface area contributed by atoms with Gasteiger partial charge in [-0.2, -0.15) is 0 Å². The zero-order valence-corrected chi connectivity index (χ0v) is 9.45. The monoisotopic (exact) mass is 209 g/mol. The number of nitrogens with one attached hydrogen (secondary N) is 1. The van der Waals surface area contributed by atoms with E-state index < -0.39 is 0 Å². The van der Waals surface area contributed by atoms with Crippen molar-refractivity contribution in [1.29, 1.82) is 0 Å². The van der Waals surface area contributed by atoms with Gasteiger partial charge in [-0.25, -0.2) is 0 Å². The topological polar surface area (TPSA) is 38.3 Å². The molecule has 0 radical (unpaired) electrons. The molecule has 0 aromatic rings. The van der Waals surface area contributed by atoms with Gasteiger partial charge in [0.25, 0.3) is 5.91 Å². The Morgan fingerprint density at radius 2 is 2.40 bits per heavy atom. The molecule has 1 heterocycles. The average Bonchev–Trinajstić information content (AvgIpc) is 2.19. The molecule has 1 N–H and O–H groups in total. The molecule has 0 aromatic carbocycles. The zero-order chi connectivity index (χ0) is 11.3. The van der Waals surface area contributed by atoms with Crippen LogP contribution in [-0.4, -0.2) is 18.6 Å². The quantitative estimate of drug-likeness (QED) is 0.568. The van der Waals surface area contributed by atoms with Crippen LogP contribution in [0, 0.1) is 5.92 Å². The fourth-order valence-electron chi connectivity index (χ4n) is 1.50. The lowest BCUT2D eigenvalue weighted by molar-refractivity contribution is -0.132. The lowest BCUT2D eigenvalue weighted by Gasteiger charge is -2.23. The Kier molecular flexibility index (Phi) is 4.40. The van der Waals surface area contributed by atoms with Crippen LogP contribution >= 0.6 is 0 Å². The van der Waals surface area contributed by atoms with Gasteiger partial charge in [-0.05, 0) is 30.9 Å². The Morgan fingerprint density at radius 1 is 1.67 bits per heavy atom. The van der Waals surface area contributed by atoms with Gasteiger partial charge in [0, 0.05) is 6.54 Å². The molecule has 3 nitrogen and oxygen atoms in total. The van der Waals surface area contributed by atoms with E-state index >= 15 is 0 Å². The van der Waals surface area contributed by atoms with Gasteiger partial charge in [-0.15, -0.1) is 0 Å². The van der Waals surface area contributed by atoms with Gasteiger partial charge in [-0.1, -0.05) is 20.4 Å². The first-order chi connectivity index (χ1) is 7.13. The van der Waals surface area contributed by atoms with E-state index in [0.29, 0.717) is 11.7 Å². The number of carbonyl (C=O) groups is 1. The highest BCUT2D eigenvalue weighted by Crippen LogP contribution is 2.14. The maximum absolute atomic E-state index is 11.4. The first-order valence-corrected chi connectivity index (χ1v) is 5.42. The van der Waals surface area contributed by atoms with Crippen molar-refractivity contribution in [1.82, 2.24) is 5.32 Å². The molecule has 0 aromatic heterocycles. The molecule has 1 saturated heterocycles. The van der Waals surface area contributed by atoms with Crippen molar-refractivity contribution >= 4 is 5.91 Å². The zero-order valence-electron chi connectivity index (χ0n) is 9.45. The van der Waals surface area contributed by atoms with E-state index in [4.69, 9.17) is 4.74 Å². The summed E-state index contributed by atoms with van der Waals surface area (Å²) in [6.07, 6.45) is 5.04. The standard InChI is InChI=1S/C12H19NO2/c1-4-10(8-9(2)3)15-11-6-5-7-13-12(11)14/h4,8-9,11H,1,5-7H2,2-3H3,(H,13,14)/b10-8+. The minimum absolute atomic E-state index is 0.0160. The van der Waals surface area contributed by atoms with E-state index in [-0.39, 0.29) is 12.0 Å². The highest BCUT2D eigenvalue weighted by Gasteiger charge is 2.23. The van der Waals surface area contributed by atoms with E-state index in [2.05, 4.69) is 25.7 Å². The summed E-state index contributed by atoms with van der Waals surface area (Å²) in [4.78, 5) is 11.4. The minimum Gasteiger partial charge on any atom is -0.481 e. The van der Waals surface area contributed by atoms with Gasteiger partial charge < -0.3 is 10.1 Å². The van der Waals surface area contributed by atoms with Crippen molar-refractivity contribution in [3.8, 4) is 0 Å². The maximum Gasteiger partial charge on any atom is 0.261 e. The molecule has 1 rings (SSSR count). The van der Waals surface area contributed by atoms with Gasteiger partial charge in [0.05, 0.1) is 0 Å². The van der Waals surface area contributed by atoms with Crippen LogP contribution in [0.2, 0.25) is 0 Å². The summed E-state index contributed by atoms with van der Waals surface area (Å²) in [6.45, 7) is 8.57. The normalized spacial score (nSPS) is 22.5. The predicted octanol–water partition coefficient (Wildman–Crippen LogP) is 2.01. The molecule has 1 fully saturated rings. The smallest absolute Gasteiger partial charge is 0.261 e. The summed E-state index contributed by atoms with van der Waals surface area (Å²) in [5.74, 6) is 1.08. The third kappa shape index (κ3) is 3.78. The molecule has 84 valence electrons. The fourth-order valence-corrected chi connectivity index (χ4v) is 1.50. The first kappa shape index (κ1) is 11.8. The Labute approximate surface area is 91.2 Å². The van der Waals surface area contributed by atoms with Crippen molar-refractivity contribution in [2.45, 2.75) is 32.8 Å². The second-order valence-electron chi connectivity index (χ2n) is 4.06. The molecule has 1 unspecified atom stereocenters. The average molecular weight is 209 g/mol. The predicted molar refractivity (Wildman–Crippen MR) is 60.2 cm³/mol. The number of hydrogen-bond acceptors (Lipinski definition) is 2. The molecule has 0 spiro atoms. The first-order valence-electron chi connectivity index (χ1n) is 5.42. The highest BCUT2D eigenvalue weighted by atomic mass is 16.5. The van der Waals surface area contributed by atoms with Crippen molar-refractivity contribution in [2.75, 3.05) is 6.54 Å². The van der Waals surface area contributed by atoms with Crippen LogP contribution in [-0.2, 0) is 9.53 Å². The van der Waals surface area contributed by atoms with Crippen LogP contribution < -0.4 is 5.32 Å². The second-order valence-corrected chi connectivity index (χ2v) is 4.06. The third-order valence-corrected chi connectivity index (χ3v) is 2.21. The van der Waals surface area contributed by atoms with E-state index in [1.165, 1.54) is 0 Å². The molecule has 3 heteroatoms. The molecule has 1 aliphatic rings. The van der Waals surface area contributed by atoms with Crippen LogP contribution in [0.4, 0.5) is 0 Å². The summed E-state index contributed by atoms with van der Waals surface area (Å²) >= 11 is 0. The Morgan fingerprint density at radius 3 is 2.93 bits per heavy atom.